The summed E-state index contributed by atoms with van der Waals surface area (Å²) in [4.78, 5) is 0. The second-order valence-electron chi connectivity index (χ2n) is 3.77. The van der Waals surface area contributed by atoms with Crippen LogP contribution in [0.25, 0.3) is 0 Å². The molecule has 0 aromatic rings. The summed E-state index contributed by atoms with van der Waals surface area (Å²) >= 11 is 2.14. The fraction of sp³-hybridized carbons (Fsp3) is 1.00. The summed E-state index contributed by atoms with van der Waals surface area (Å²) in [5, 5.41) is 3.61. The van der Waals surface area contributed by atoms with Gasteiger partial charge in [0.2, 0.25) is 0 Å². The van der Waals surface area contributed by atoms with Crippen molar-refractivity contribution in [2.75, 3.05) is 18.1 Å². The standard InChI is InChI=1S/C9H17NS/c1-2-8(7-11-5-1)6-10-9-3-4-9/h8-10H,1-7H2. The Hall–Kier alpha value is 0.310. The van der Waals surface area contributed by atoms with Gasteiger partial charge in [-0.1, -0.05) is 0 Å². The Morgan fingerprint density at radius 1 is 1.27 bits per heavy atom. The van der Waals surface area contributed by atoms with Gasteiger partial charge in [-0.2, -0.15) is 11.8 Å². The summed E-state index contributed by atoms with van der Waals surface area (Å²) < 4.78 is 0. The van der Waals surface area contributed by atoms with Crippen molar-refractivity contribution in [3.63, 3.8) is 0 Å². The van der Waals surface area contributed by atoms with Crippen LogP contribution in [0.2, 0.25) is 0 Å². The Labute approximate surface area is 73.3 Å². The molecule has 0 bridgehead atoms. The van der Waals surface area contributed by atoms with Gasteiger partial charge in [0.25, 0.3) is 0 Å². The van der Waals surface area contributed by atoms with Gasteiger partial charge in [0.05, 0.1) is 0 Å². The molecule has 0 amide bonds. The topological polar surface area (TPSA) is 12.0 Å². The van der Waals surface area contributed by atoms with Crippen LogP contribution in [0.5, 0.6) is 0 Å². The van der Waals surface area contributed by atoms with E-state index in [4.69, 9.17) is 0 Å². The fourth-order valence-electron chi connectivity index (χ4n) is 1.59. The Bertz CT molecular complexity index is 117. The molecule has 2 heteroatoms. The Morgan fingerprint density at radius 2 is 2.18 bits per heavy atom. The molecule has 2 aliphatic rings. The maximum atomic E-state index is 3.61. The average Bonchev–Trinajstić information content (AvgIpc) is 2.86. The lowest BCUT2D eigenvalue weighted by molar-refractivity contribution is 0.474. The number of rotatable bonds is 3. The highest BCUT2D eigenvalue weighted by Crippen LogP contribution is 2.24. The Balaban J connectivity index is 1.59. The zero-order valence-corrected chi connectivity index (χ0v) is 7.83. The van der Waals surface area contributed by atoms with Crippen LogP contribution < -0.4 is 5.32 Å². The van der Waals surface area contributed by atoms with Gasteiger partial charge < -0.3 is 5.32 Å². The van der Waals surface area contributed by atoms with Gasteiger partial charge in [0.1, 0.15) is 0 Å². The van der Waals surface area contributed by atoms with Gasteiger partial charge in [-0.15, -0.1) is 0 Å². The molecule has 0 spiro atoms. The van der Waals surface area contributed by atoms with E-state index in [0.717, 1.165) is 12.0 Å². The summed E-state index contributed by atoms with van der Waals surface area (Å²) in [6.07, 6.45) is 5.77. The van der Waals surface area contributed by atoms with E-state index in [0.29, 0.717) is 0 Å². The molecular formula is C9H17NS. The first-order chi connectivity index (χ1) is 5.45. The lowest BCUT2D eigenvalue weighted by atomic mass is 10.1. The number of thioether (sulfide) groups is 1. The third-order valence-corrected chi connectivity index (χ3v) is 3.81. The van der Waals surface area contributed by atoms with E-state index in [-0.39, 0.29) is 0 Å². The molecule has 1 heterocycles. The first-order valence-electron chi connectivity index (χ1n) is 4.76. The lowest BCUT2D eigenvalue weighted by Gasteiger charge is -2.21. The minimum absolute atomic E-state index is 0.905. The van der Waals surface area contributed by atoms with Crippen LogP contribution in [0.3, 0.4) is 0 Å². The normalized spacial score (nSPS) is 32.2. The average molecular weight is 171 g/mol. The van der Waals surface area contributed by atoms with Crippen LogP contribution in [0, 0.1) is 5.92 Å². The van der Waals surface area contributed by atoms with Crippen LogP contribution in [0.1, 0.15) is 25.7 Å². The van der Waals surface area contributed by atoms with Crippen LogP contribution in [0.15, 0.2) is 0 Å². The highest BCUT2D eigenvalue weighted by atomic mass is 32.2. The second kappa shape index (κ2) is 3.81. The number of hydrogen-bond acceptors (Lipinski definition) is 2. The molecule has 1 atom stereocenters. The molecule has 2 fully saturated rings. The molecule has 0 radical (unpaired) electrons. The SMILES string of the molecule is C1CSCC(CNC2CC2)C1. The van der Waals surface area contributed by atoms with Crippen LogP contribution >= 0.6 is 11.8 Å². The summed E-state index contributed by atoms with van der Waals surface area (Å²) in [5.41, 5.74) is 0. The van der Waals surface area contributed by atoms with Gasteiger partial charge in [-0.05, 0) is 49.7 Å². The molecule has 1 aliphatic carbocycles. The molecule has 1 unspecified atom stereocenters. The summed E-state index contributed by atoms with van der Waals surface area (Å²) in [7, 11) is 0. The highest BCUT2D eigenvalue weighted by molar-refractivity contribution is 7.99. The van der Waals surface area contributed by atoms with Crippen molar-refractivity contribution in [3.8, 4) is 0 Å². The second-order valence-corrected chi connectivity index (χ2v) is 4.92. The monoisotopic (exact) mass is 171 g/mol. The minimum Gasteiger partial charge on any atom is -0.314 e. The molecule has 0 aromatic heterocycles. The molecule has 1 saturated carbocycles. The Morgan fingerprint density at radius 3 is 2.82 bits per heavy atom. The van der Waals surface area contributed by atoms with Gasteiger partial charge in [0, 0.05) is 6.04 Å². The van der Waals surface area contributed by atoms with E-state index in [1.165, 1.54) is 43.7 Å². The first kappa shape index (κ1) is 7.93. The zero-order chi connectivity index (χ0) is 7.52. The molecule has 1 aliphatic heterocycles. The van der Waals surface area contributed by atoms with Gasteiger partial charge in [-0.25, -0.2) is 0 Å². The van der Waals surface area contributed by atoms with Crippen LogP contribution in [0.4, 0.5) is 0 Å². The quantitative estimate of drug-likeness (QED) is 0.696. The predicted molar refractivity (Wildman–Crippen MR) is 51.1 cm³/mol. The van der Waals surface area contributed by atoms with Crippen molar-refractivity contribution in [1.29, 1.82) is 0 Å². The molecule has 1 N–H and O–H groups in total. The molecule has 64 valence electrons. The lowest BCUT2D eigenvalue weighted by Crippen LogP contribution is -2.27. The largest absolute Gasteiger partial charge is 0.314 e. The molecule has 11 heavy (non-hydrogen) atoms. The third kappa shape index (κ3) is 2.68. The van der Waals surface area contributed by atoms with Crippen LogP contribution in [-0.4, -0.2) is 24.1 Å². The van der Waals surface area contributed by atoms with E-state index in [9.17, 15) is 0 Å². The summed E-state index contributed by atoms with van der Waals surface area (Å²) in [5.74, 6) is 3.79. The van der Waals surface area contributed by atoms with E-state index < -0.39 is 0 Å². The third-order valence-electron chi connectivity index (χ3n) is 2.53. The van der Waals surface area contributed by atoms with Gasteiger partial charge >= 0.3 is 0 Å². The maximum Gasteiger partial charge on any atom is 0.00683 e. The summed E-state index contributed by atoms with van der Waals surface area (Å²) in [6.45, 7) is 1.29. The van der Waals surface area contributed by atoms with Crippen molar-refractivity contribution < 1.29 is 0 Å². The minimum atomic E-state index is 0.905. The molecule has 0 aromatic carbocycles. The first-order valence-corrected chi connectivity index (χ1v) is 5.92. The van der Waals surface area contributed by atoms with E-state index >= 15 is 0 Å². The zero-order valence-electron chi connectivity index (χ0n) is 7.01. The molecule has 2 rings (SSSR count). The molecular weight excluding hydrogens is 154 g/mol. The van der Waals surface area contributed by atoms with Gasteiger partial charge in [0.15, 0.2) is 0 Å². The predicted octanol–water partition coefficient (Wildman–Crippen LogP) is 1.88. The fourth-order valence-corrected chi connectivity index (χ4v) is 2.74. The van der Waals surface area contributed by atoms with Gasteiger partial charge in [-0.3, -0.25) is 0 Å². The smallest absolute Gasteiger partial charge is 0.00683 e. The van der Waals surface area contributed by atoms with E-state index in [2.05, 4.69) is 17.1 Å². The van der Waals surface area contributed by atoms with Crippen molar-refractivity contribution in [2.24, 2.45) is 5.92 Å². The molecule has 1 nitrogen and oxygen atoms in total. The number of hydrogen-bond donors (Lipinski definition) is 1. The highest BCUT2D eigenvalue weighted by Gasteiger charge is 2.22. The number of nitrogens with one attached hydrogen (secondary N) is 1. The van der Waals surface area contributed by atoms with E-state index in [1.807, 2.05) is 0 Å². The van der Waals surface area contributed by atoms with E-state index in [1.54, 1.807) is 0 Å². The van der Waals surface area contributed by atoms with Crippen molar-refractivity contribution >= 4 is 11.8 Å². The van der Waals surface area contributed by atoms with Crippen molar-refractivity contribution in [1.82, 2.24) is 5.32 Å². The van der Waals surface area contributed by atoms with Crippen molar-refractivity contribution in [3.05, 3.63) is 0 Å². The molecule has 1 saturated heterocycles. The van der Waals surface area contributed by atoms with Crippen LogP contribution in [-0.2, 0) is 0 Å². The Kier molecular flexibility index (Phi) is 2.75. The van der Waals surface area contributed by atoms with Crippen molar-refractivity contribution in [2.45, 2.75) is 31.7 Å². The maximum absolute atomic E-state index is 3.61. The summed E-state index contributed by atoms with van der Waals surface area (Å²) in [6, 6.07) is 0.905.